The Morgan fingerprint density at radius 2 is 1.67 bits per heavy atom. The highest BCUT2D eigenvalue weighted by atomic mass is 15.1. The van der Waals surface area contributed by atoms with Crippen LogP contribution in [-0.2, 0) is 13.1 Å². The van der Waals surface area contributed by atoms with Crippen LogP contribution in [0.2, 0.25) is 0 Å². The van der Waals surface area contributed by atoms with Gasteiger partial charge in [-0.2, -0.15) is 0 Å². The molecule has 0 bridgehead atoms. The summed E-state index contributed by atoms with van der Waals surface area (Å²) in [6, 6.07) is 20.6. The number of imidazole rings is 1. The maximum absolute atomic E-state index is 5.69. The molecule has 0 amide bonds. The molecule has 0 saturated heterocycles. The normalized spacial score (nSPS) is 11.0. The molecule has 0 radical (unpaired) electrons. The molecular weight excluding hydrogens is 296 g/mol. The Morgan fingerprint density at radius 1 is 0.875 bits per heavy atom. The molecule has 0 atom stereocenters. The maximum Gasteiger partial charge on any atom is 0.143 e. The molecule has 0 aliphatic carbocycles. The number of hydrogen-bond donors (Lipinski definition) is 1. The molecule has 4 rings (SSSR count). The Balaban J connectivity index is 1.83. The average Bonchev–Trinajstić information content (AvgIpc) is 3.02. The van der Waals surface area contributed by atoms with Crippen LogP contribution in [0.15, 0.2) is 73.1 Å². The molecule has 0 aliphatic rings. The zero-order chi connectivity index (χ0) is 16.4. The molecule has 2 aromatic carbocycles. The third-order valence-electron chi connectivity index (χ3n) is 4.17. The van der Waals surface area contributed by atoms with Crippen LogP contribution in [0.4, 0.5) is 0 Å². The Morgan fingerprint density at radius 3 is 2.42 bits per heavy atom. The fourth-order valence-corrected chi connectivity index (χ4v) is 2.91. The van der Waals surface area contributed by atoms with E-state index < -0.39 is 0 Å². The molecule has 4 nitrogen and oxygen atoms in total. The highest BCUT2D eigenvalue weighted by molar-refractivity contribution is 5.80. The zero-order valence-electron chi connectivity index (χ0n) is 13.3. The second kappa shape index (κ2) is 6.26. The Labute approximate surface area is 140 Å². The number of rotatable bonds is 4. The van der Waals surface area contributed by atoms with Gasteiger partial charge >= 0.3 is 0 Å². The van der Waals surface area contributed by atoms with E-state index in [9.17, 15) is 0 Å². The molecule has 0 fully saturated rings. The van der Waals surface area contributed by atoms with Crippen molar-refractivity contribution < 1.29 is 0 Å². The van der Waals surface area contributed by atoms with Crippen molar-refractivity contribution in [2.75, 3.05) is 0 Å². The summed E-state index contributed by atoms with van der Waals surface area (Å²) in [7, 11) is 0. The molecule has 0 saturated carbocycles. The smallest absolute Gasteiger partial charge is 0.143 e. The number of aromatic nitrogens is 3. The van der Waals surface area contributed by atoms with Crippen LogP contribution < -0.4 is 5.73 Å². The van der Waals surface area contributed by atoms with Gasteiger partial charge in [-0.1, -0.05) is 36.4 Å². The summed E-state index contributed by atoms with van der Waals surface area (Å²) in [6.45, 7) is 1.32. The van der Waals surface area contributed by atoms with Gasteiger partial charge in [-0.05, 0) is 35.4 Å². The molecular formula is C20H18N4. The van der Waals surface area contributed by atoms with Gasteiger partial charge in [0.15, 0.2) is 0 Å². The first kappa shape index (κ1) is 14.6. The van der Waals surface area contributed by atoms with Crippen molar-refractivity contribution in [2.24, 2.45) is 5.73 Å². The number of nitrogens with two attached hydrogens (primary N) is 1. The van der Waals surface area contributed by atoms with E-state index in [-0.39, 0.29) is 0 Å². The summed E-state index contributed by atoms with van der Waals surface area (Å²) in [5.74, 6) is 0.937. The molecule has 0 unspecified atom stereocenters. The first-order chi connectivity index (χ1) is 11.8. The Kier molecular flexibility index (Phi) is 3.81. The van der Waals surface area contributed by atoms with Gasteiger partial charge in [-0.3, -0.25) is 4.98 Å². The van der Waals surface area contributed by atoms with Gasteiger partial charge in [-0.25, -0.2) is 4.98 Å². The molecule has 4 aromatic rings. The van der Waals surface area contributed by atoms with Gasteiger partial charge < -0.3 is 10.3 Å². The number of para-hydroxylation sites is 2. The SMILES string of the molecule is NCc1ccc(Cn2c(-c3cccnc3)nc3ccccc32)cc1. The second-order valence-corrected chi connectivity index (χ2v) is 5.77. The quantitative estimate of drug-likeness (QED) is 0.626. The fraction of sp³-hybridized carbons (Fsp3) is 0.100. The number of benzene rings is 2. The van der Waals surface area contributed by atoms with E-state index in [2.05, 4.69) is 39.9 Å². The van der Waals surface area contributed by atoms with Crippen LogP contribution in [0.3, 0.4) is 0 Å². The van der Waals surface area contributed by atoms with Crippen molar-refractivity contribution in [1.82, 2.24) is 14.5 Å². The largest absolute Gasteiger partial charge is 0.326 e. The lowest BCUT2D eigenvalue weighted by atomic mass is 10.1. The van der Waals surface area contributed by atoms with Gasteiger partial charge in [0.1, 0.15) is 5.82 Å². The van der Waals surface area contributed by atoms with Crippen molar-refractivity contribution >= 4 is 11.0 Å². The topological polar surface area (TPSA) is 56.7 Å². The van der Waals surface area contributed by atoms with Crippen LogP contribution in [0.25, 0.3) is 22.4 Å². The van der Waals surface area contributed by atoms with E-state index in [1.807, 2.05) is 36.5 Å². The fourth-order valence-electron chi connectivity index (χ4n) is 2.91. The lowest BCUT2D eigenvalue weighted by molar-refractivity contribution is 0.832. The standard InChI is InChI=1S/C20H18N4/c21-12-15-7-9-16(10-8-15)14-24-19-6-2-1-5-18(19)23-20(24)17-4-3-11-22-13-17/h1-11,13H,12,14,21H2. The van der Waals surface area contributed by atoms with Gasteiger partial charge in [0.05, 0.1) is 11.0 Å². The lowest BCUT2D eigenvalue weighted by Crippen LogP contribution is -2.03. The summed E-state index contributed by atoms with van der Waals surface area (Å²) in [6.07, 6.45) is 3.64. The van der Waals surface area contributed by atoms with Crippen molar-refractivity contribution in [3.63, 3.8) is 0 Å². The van der Waals surface area contributed by atoms with Gasteiger partial charge in [0.25, 0.3) is 0 Å². The molecule has 2 aromatic heterocycles. The predicted octanol–water partition coefficient (Wildman–Crippen LogP) is 3.61. The molecule has 2 heterocycles. The number of nitrogens with zero attached hydrogens (tertiary/aromatic N) is 3. The molecule has 0 aliphatic heterocycles. The number of fused-ring (bicyclic) bond motifs is 1. The summed E-state index contributed by atoms with van der Waals surface area (Å²) in [4.78, 5) is 9.05. The minimum Gasteiger partial charge on any atom is -0.326 e. The lowest BCUT2D eigenvalue weighted by Gasteiger charge is -2.10. The molecule has 2 N–H and O–H groups in total. The van der Waals surface area contributed by atoms with Gasteiger partial charge in [0.2, 0.25) is 0 Å². The maximum atomic E-state index is 5.69. The van der Waals surface area contributed by atoms with E-state index in [4.69, 9.17) is 10.7 Å². The summed E-state index contributed by atoms with van der Waals surface area (Å²) in [5, 5.41) is 0. The molecule has 4 heteroatoms. The number of hydrogen-bond acceptors (Lipinski definition) is 3. The molecule has 0 spiro atoms. The first-order valence-electron chi connectivity index (χ1n) is 7.99. The van der Waals surface area contributed by atoms with Crippen molar-refractivity contribution in [2.45, 2.75) is 13.1 Å². The third-order valence-corrected chi connectivity index (χ3v) is 4.17. The van der Waals surface area contributed by atoms with Crippen molar-refractivity contribution in [1.29, 1.82) is 0 Å². The van der Waals surface area contributed by atoms with Gasteiger partial charge in [0, 0.05) is 31.0 Å². The van der Waals surface area contributed by atoms with E-state index in [0.717, 1.165) is 34.5 Å². The van der Waals surface area contributed by atoms with Crippen LogP contribution in [0.1, 0.15) is 11.1 Å². The van der Waals surface area contributed by atoms with Crippen LogP contribution >= 0.6 is 0 Å². The second-order valence-electron chi connectivity index (χ2n) is 5.77. The highest BCUT2D eigenvalue weighted by Crippen LogP contribution is 2.25. The summed E-state index contributed by atoms with van der Waals surface area (Å²) >= 11 is 0. The van der Waals surface area contributed by atoms with Crippen LogP contribution in [-0.4, -0.2) is 14.5 Å². The van der Waals surface area contributed by atoms with Crippen molar-refractivity contribution in [3.8, 4) is 11.4 Å². The minimum atomic E-state index is 0.565. The predicted molar refractivity (Wildman–Crippen MR) is 96.4 cm³/mol. The molecule has 118 valence electrons. The first-order valence-corrected chi connectivity index (χ1v) is 7.99. The zero-order valence-corrected chi connectivity index (χ0v) is 13.3. The van der Waals surface area contributed by atoms with E-state index in [1.165, 1.54) is 5.56 Å². The van der Waals surface area contributed by atoms with E-state index >= 15 is 0 Å². The van der Waals surface area contributed by atoms with Gasteiger partial charge in [-0.15, -0.1) is 0 Å². The average molecular weight is 314 g/mol. The summed E-state index contributed by atoms with van der Waals surface area (Å²) < 4.78 is 2.24. The number of pyridine rings is 1. The monoisotopic (exact) mass is 314 g/mol. The Hall–Kier alpha value is -2.98. The molecule has 24 heavy (non-hydrogen) atoms. The summed E-state index contributed by atoms with van der Waals surface area (Å²) in [5.41, 5.74) is 11.2. The van der Waals surface area contributed by atoms with E-state index in [1.54, 1.807) is 6.20 Å². The Bertz CT molecular complexity index is 956. The van der Waals surface area contributed by atoms with Crippen molar-refractivity contribution in [3.05, 3.63) is 84.2 Å². The minimum absolute atomic E-state index is 0.565. The highest BCUT2D eigenvalue weighted by Gasteiger charge is 2.12. The van der Waals surface area contributed by atoms with Crippen LogP contribution in [0.5, 0.6) is 0 Å². The van der Waals surface area contributed by atoms with Crippen LogP contribution in [0, 0.1) is 0 Å². The van der Waals surface area contributed by atoms with E-state index in [0.29, 0.717) is 6.54 Å². The third kappa shape index (κ3) is 2.68.